The van der Waals surface area contributed by atoms with Gasteiger partial charge < -0.3 is 10.6 Å². The lowest BCUT2D eigenvalue weighted by molar-refractivity contribution is 0.456. The van der Waals surface area contributed by atoms with Crippen molar-refractivity contribution >= 4 is 5.69 Å². The number of pyridine rings is 1. The molecule has 0 atom stereocenters. The smallest absolute Gasteiger partial charge is 0.0554 e. The number of hydrogen-bond donors (Lipinski definition) is 1. The summed E-state index contributed by atoms with van der Waals surface area (Å²) in [5.41, 5.74) is 6.80. The molecule has 0 bridgehead atoms. The number of aromatic nitrogens is 1. The summed E-state index contributed by atoms with van der Waals surface area (Å²) in [6.45, 7) is 5.08. The summed E-state index contributed by atoms with van der Waals surface area (Å²) in [6.07, 6.45) is 4.63. The molecule has 78 valence electrons. The Morgan fingerprint density at radius 1 is 1.50 bits per heavy atom. The minimum Gasteiger partial charge on any atom is -0.368 e. The largest absolute Gasteiger partial charge is 0.368 e. The molecule has 0 amide bonds. The van der Waals surface area contributed by atoms with Crippen molar-refractivity contribution in [2.75, 3.05) is 18.5 Å². The number of nitrogens with zero attached hydrogens (tertiary/aromatic N) is 2. The molecule has 0 aliphatic heterocycles. The second-order valence-electron chi connectivity index (χ2n) is 4.12. The summed E-state index contributed by atoms with van der Waals surface area (Å²) in [5.74, 6) is 0. The fraction of sp³-hybridized carbons (Fsp3) is 0.545. The molecule has 0 spiro atoms. The van der Waals surface area contributed by atoms with E-state index in [1.807, 2.05) is 12.3 Å². The summed E-state index contributed by atoms with van der Waals surface area (Å²) < 4.78 is 0. The first kappa shape index (κ1) is 11.0. The highest BCUT2D eigenvalue weighted by atomic mass is 15.2. The lowest BCUT2D eigenvalue weighted by Gasteiger charge is -2.37. The maximum Gasteiger partial charge on any atom is 0.0554 e. The fourth-order valence-corrected chi connectivity index (χ4v) is 1.42. The molecule has 0 fully saturated rings. The van der Waals surface area contributed by atoms with Gasteiger partial charge in [-0.2, -0.15) is 0 Å². The molecule has 2 N–H and O–H groups in total. The third kappa shape index (κ3) is 2.45. The van der Waals surface area contributed by atoms with Crippen LogP contribution in [0.5, 0.6) is 0 Å². The minimum absolute atomic E-state index is 0.0811. The Bertz CT molecular complexity index is 269. The Morgan fingerprint density at radius 3 is 2.71 bits per heavy atom. The van der Waals surface area contributed by atoms with E-state index in [2.05, 4.69) is 36.8 Å². The molecular weight excluding hydrogens is 174 g/mol. The van der Waals surface area contributed by atoms with Crippen molar-refractivity contribution in [1.29, 1.82) is 0 Å². The van der Waals surface area contributed by atoms with E-state index >= 15 is 0 Å². The number of hydrogen-bond acceptors (Lipinski definition) is 3. The summed E-state index contributed by atoms with van der Waals surface area (Å²) in [4.78, 5) is 6.32. The standard InChI is InChI=1S/C11H19N3/c1-11(2,6-7-12)14(3)10-5-4-8-13-9-10/h4-5,8-9H,6-7,12H2,1-3H3. The minimum atomic E-state index is 0.0811. The molecule has 1 aromatic rings. The summed E-state index contributed by atoms with van der Waals surface area (Å²) in [7, 11) is 2.08. The first-order valence-electron chi connectivity index (χ1n) is 4.92. The molecule has 0 aliphatic rings. The van der Waals surface area contributed by atoms with Crippen molar-refractivity contribution in [2.24, 2.45) is 5.73 Å². The first-order valence-corrected chi connectivity index (χ1v) is 4.92. The maximum absolute atomic E-state index is 5.59. The quantitative estimate of drug-likeness (QED) is 0.790. The Balaban J connectivity index is 2.79. The van der Waals surface area contributed by atoms with Gasteiger partial charge in [0.2, 0.25) is 0 Å². The lowest BCUT2D eigenvalue weighted by atomic mass is 9.98. The van der Waals surface area contributed by atoms with Gasteiger partial charge in [-0.15, -0.1) is 0 Å². The SMILES string of the molecule is CN(c1cccnc1)C(C)(C)CCN. The zero-order valence-electron chi connectivity index (χ0n) is 9.20. The lowest BCUT2D eigenvalue weighted by Crippen LogP contribution is -2.42. The number of anilines is 1. The zero-order valence-corrected chi connectivity index (χ0v) is 9.20. The molecule has 0 radical (unpaired) electrons. The molecule has 14 heavy (non-hydrogen) atoms. The van der Waals surface area contributed by atoms with Crippen molar-refractivity contribution in [3.63, 3.8) is 0 Å². The molecule has 0 saturated heterocycles. The molecule has 0 saturated carbocycles. The van der Waals surface area contributed by atoms with E-state index in [0.717, 1.165) is 12.1 Å². The molecule has 0 aliphatic carbocycles. The second-order valence-corrected chi connectivity index (χ2v) is 4.12. The van der Waals surface area contributed by atoms with Gasteiger partial charge in [-0.3, -0.25) is 4.98 Å². The van der Waals surface area contributed by atoms with Crippen LogP contribution in [0, 0.1) is 0 Å². The molecule has 0 aromatic carbocycles. The van der Waals surface area contributed by atoms with Gasteiger partial charge >= 0.3 is 0 Å². The maximum atomic E-state index is 5.59. The van der Waals surface area contributed by atoms with Crippen LogP contribution in [0.2, 0.25) is 0 Å². The molecule has 3 nitrogen and oxygen atoms in total. The molecule has 3 heteroatoms. The first-order chi connectivity index (χ1) is 6.58. The topological polar surface area (TPSA) is 42.2 Å². The van der Waals surface area contributed by atoms with Crippen LogP contribution in [-0.2, 0) is 0 Å². The van der Waals surface area contributed by atoms with E-state index in [4.69, 9.17) is 5.73 Å². The van der Waals surface area contributed by atoms with Gasteiger partial charge in [-0.1, -0.05) is 0 Å². The summed E-state index contributed by atoms with van der Waals surface area (Å²) in [6, 6.07) is 4.01. The zero-order chi connectivity index (χ0) is 10.6. The van der Waals surface area contributed by atoms with E-state index in [1.165, 1.54) is 0 Å². The van der Waals surface area contributed by atoms with Gasteiger partial charge in [-0.25, -0.2) is 0 Å². The molecule has 0 unspecified atom stereocenters. The van der Waals surface area contributed by atoms with Crippen molar-refractivity contribution in [2.45, 2.75) is 25.8 Å². The molecule has 1 aromatic heterocycles. The van der Waals surface area contributed by atoms with Crippen LogP contribution in [0.25, 0.3) is 0 Å². The van der Waals surface area contributed by atoms with Crippen LogP contribution in [0.1, 0.15) is 20.3 Å². The van der Waals surface area contributed by atoms with Gasteiger partial charge in [0.1, 0.15) is 0 Å². The van der Waals surface area contributed by atoms with Crippen molar-refractivity contribution in [1.82, 2.24) is 4.98 Å². The summed E-state index contributed by atoms with van der Waals surface area (Å²) in [5, 5.41) is 0. The Morgan fingerprint density at radius 2 is 2.21 bits per heavy atom. The molecular formula is C11H19N3. The molecule has 1 rings (SSSR count). The van der Waals surface area contributed by atoms with E-state index in [1.54, 1.807) is 6.20 Å². The van der Waals surface area contributed by atoms with Crippen LogP contribution >= 0.6 is 0 Å². The van der Waals surface area contributed by atoms with Crippen molar-refractivity contribution < 1.29 is 0 Å². The van der Waals surface area contributed by atoms with Crippen molar-refractivity contribution in [3.8, 4) is 0 Å². The van der Waals surface area contributed by atoms with Crippen LogP contribution in [-0.4, -0.2) is 24.1 Å². The fourth-order valence-electron chi connectivity index (χ4n) is 1.42. The van der Waals surface area contributed by atoms with Gasteiger partial charge in [0, 0.05) is 18.8 Å². The third-order valence-corrected chi connectivity index (χ3v) is 2.70. The van der Waals surface area contributed by atoms with Crippen LogP contribution in [0.4, 0.5) is 5.69 Å². The van der Waals surface area contributed by atoms with E-state index in [0.29, 0.717) is 6.54 Å². The Labute approximate surface area is 85.9 Å². The number of rotatable bonds is 4. The summed E-state index contributed by atoms with van der Waals surface area (Å²) >= 11 is 0. The van der Waals surface area contributed by atoms with Crippen molar-refractivity contribution in [3.05, 3.63) is 24.5 Å². The predicted molar refractivity (Wildman–Crippen MR) is 60.4 cm³/mol. The average Bonchev–Trinajstić information content (AvgIpc) is 2.18. The van der Waals surface area contributed by atoms with Crippen LogP contribution in [0.15, 0.2) is 24.5 Å². The highest BCUT2D eigenvalue weighted by molar-refractivity contribution is 5.45. The van der Waals surface area contributed by atoms with E-state index in [9.17, 15) is 0 Å². The van der Waals surface area contributed by atoms with E-state index in [-0.39, 0.29) is 5.54 Å². The Kier molecular flexibility index (Phi) is 3.47. The Hall–Kier alpha value is -1.09. The highest BCUT2D eigenvalue weighted by Gasteiger charge is 2.22. The normalized spacial score (nSPS) is 11.4. The van der Waals surface area contributed by atoms with Gasteiger partial charge in [0.25, 0.3) is 0 Å². The van der Waals surface area contributed by atoms with Gasteiger partial charge in [-0.05, 0) is 38.9 Å². The second kappa shape index (κ2) is 4.42. The third-order valence-electron chi connectivity index (χ3n) is 2.70. The van der Waals surface area contributed by atoms with Gasteiger partial charge in [0.15, 0.2) is 0 Å². The predicted octanol–water partition coefficient (Wildman–Crippen LogP) is 1.65. The molecule has 1 heterocycles. The van der Waals surface area contributed by atoms with Crippen LogP contribution in [0.3, 0.4) is 0 Å². The average molecular weight is 193 g/mol. The van der Waals surface area contributed by atoms with Crippen LogP contribution < -0.4 is 10.6 Å². The number of nitrogens with two attached hydrogens (primary N) is 1. The van der Waals surface area contributed by atoms with E-state index < -0.39 is 0 Å². The monoisotopic (exact) mass is 193 g/mol. The highest BCUT2D eigenvalue weighted by Crippen LogP contribution is 2.23. The van der Waals surface area contributed by atoms with Gasteiger partial charge in [0.05, 0.1) is 11.9 Å².